The maximum Gasteiger partial charge on any atom is 0.306 e. The fourth-order valence-electron chi connectivity index (χ4n) is 10.7. The van der Waals surface area contributed by atoms with Crippen LogP contribution in [0.3, 0.4) is 0 Å². The highest BCUT2D eigenvalue weighted by atomic mass is 16.6. The zero-order valence-electron chi connectivity index (χ0n) is 50.7. The van der Waals surface area contributed by atoms with E-state index in [-0.39, 0.29) is 31.1 Å². The van der Waals surface area contributed by atoms with Gasteiger partial charge in [0.1, 0.15) is 13.2 Å². The van der Waals surface area contributed by atoms with Crippen LogP contribution in [0.4, 0.5) is 0 Å². The Morgan fingerprint density at radius 1 is 0.216 bits per heavy atom. The van der Waals surface area contributed by atoms with Gasteiger partial charge in [-0.1, -0.05) is 361 Å². The molecule has 1 unspecified atom stereocenters. The number of carbonyl (C=O) groups is 3. The Bertz CT molecular complexity index is 1110. The molecule has 0 saturated heterocycles. The van der Waals surface area contributed by atoms with Gasteiger partial charge in [-0.15, -0.1) is 0 Å². The summed E-state index contributed by atoms with van der Waals surface area (Å²) in [6.45, 7) is 6.73. The van der Waals surface area contributed by atoms with Crippen molar-refractivity contribution in [2.45, 2.75) is 406 Å². The van der Waals surface area contributed by atoms with E-state index in [1.807, 2.05) is 0 Å². The highest BCUT2D eigenvalue weighted by Gasteiger charge is 2.19. The first-order valence-corrected chi connectivity index (χ1v) is 34.0. The Balaban J connectivity index is 4.14. The first kappa shape index (κ1) is 72.4. The molecule has 74 heavy (non-hydrogen) atoms. The minimum absolute atomic E-state index is 0.0605. The van der Waals surface area contributed by atoms with Gasteiger partial charge < -0.3 is 14.2 Å². The van der Waals surface area contributed by atoms with Crippen LogP contribution in [0, 0.1) is 0 Å². The van der Waals surface area contributed by atoms with E-state index in [1.54, 1.807) is 0 Å². The number of carbonyl (C=O) groups excluding carboxylic acids is 3. The van der Waals surface area contributed by atoms with E-state index in [9.17, 15) is 14.4 Å². The van der Waals surface area contributed by atoms with Gasteiger partial charge in [0, 0.05) is 19.3 Å². The van der Waals surface area contributed by atoms with E-state index in [2.05, 4.69) is 20.8 Å². The van der Waals surface area contributed by atoms with Gasteiger partial charge in [0.25, 0.3) is 0 Å². The molecule has 0 aliphatic carbocycles. The van der Waals surface area contributed by atoms with Crippen molar-refractivity contribution < 1.29 is 28.6 Å². The Morgan fingerprint density at radius 3 is 0.541 bits per heavy atom. The van der Waals surface area contributed by atoms with Gasteiger partial charge in [-0.3, -0.25) is 14.4 Å². The summed E-state index contributed by atoms with van der Waals surface area (Å²) in [4.78, 5) is 38.3. The van der Waals surface area contributed by atoms with Gasteiger partial charge in [0.2, 0.25) is 0 Å². The average Bonchev–Trinajstić information content (AvgIpc) is 3.40. The molecular weight excluding hydrogens is 913 g/mol. The Kier molecular flexibility index (Phi) is 62.6. The fourth-order valence-corrected chi connectivity index (χ4v) is 10.7. The molecule has 0 amide bonds. The predicted molar refractivity (Wildman–Crippen MR) is 321 cm³/mol. The first-order chi connectivity index (χ1) is 36.5. The molecule has 6 heteroatoms. The van der Waals surface area contributed by atoms with E-state index in [0.717, 1.165) is 57.8 Å². The van der Waals surface area contributed by atoms with Crippen molar-refractivity contribution in [2.24, 2.45) is 0 Å². The summed E-state index contributed by atoms with van der Waals surface area (Å²) in [7, 11) is 0. The summed E-state index contributed by atoms with van der Waals surface area (Å²) in [6, 6.07) is 0. The van der Waals surface area contributed by atoms with Gasteiger partial charge in [0.15, 0.2) is 6.10 Å². The third-order valence-electron chi connectivity index (χ3n) is 15.9. The summed E-state index contributed by atoms with van der Waals surface area (Å²) in [6.07, 6.45) is 74.2. The van der Waals surface area contributed by atoms with Crippen LogP contribution in [0.2, 0.25) is 0 Å². The van der Waals surface area contributed by atoms with Gasteiger partial charge in [0.05, 0.1) is 0 Å². The average molecular weight is 1050 g/mol. The SMILES string of the molecule is CCCCCCCCCCCCCCCCCCCCCCCCCCCCC(=O)OCC(COC(=O)CCCCCCCCCCCCC)OC(=O)CCCCCCCCCCCCCCCCCCCCC. The number of unbranched alkanes of at least 4 members (excludes halogenated alkanes) is 53. The van der Waals surface area contributed by atoms with E-state index >= 15 is 0 Å². The summed E-state index contributed by atoms with van der Waals surface area (Å²) in [5.74, 6) is -0.825. The second-order valence-electron chi connectivity index (χ2n) is 23.5. The molecule has 0 aromatic carbocycles. The van der Waals surface area contributed by atoms with Crippen molar-refractivity contribution in [1.29, 1.82) is 0 Å². The van der Waals surface area contributed by atoms with E-state index in [0.29, 0.717) is 19.3 Å². The van der Waals surface area contributed by atoms with Crippen LogP contribution in [0.15, 0.2) is 0 Å². The topological polar surface area (TPSA) is 78.9 Å². The molecule has 0 heterocycles. The number of hydrogen-bond donors (Lipinski definition) is 0. The molecule has 0 spiro atoms. The van der Waals surface area contributed by atoms with E-state index in [1.165, 1.54) is 302 Å². The van der Waals surface area contributed by atoms with Crippen molar-refractivity contribution in [3.8, 4) is 0 Å². The highest BCUT2D eigenvalue weighted by Crippen LogP contribution is 2.19. The Morgan fingerprint density at radius 2 is 0.365 bits per heavy atom. The lowest BCUT2D eigenvalue weighted by atomic mass is 10.0. The lowest BCUT2D eigenvalue weighted by Gasteiger charge is -2.18. The lowest BCUT2D eigenvalue weighted by Crippen LogP contribution is -2.30. The van der Waals surface area contributed by atoms with Crippen LogP contribution in [-0.4, -0.2) is 37.2 Å². The van der Waals surface area contributed by atoms with Crippen molar-refractivity contribution in [2.75, 3.05) is 13.2 Å². The third-order valence-corrected chi connectivity index (χ3v) is 15.9. The summed E-state index contributed by atoms with van der Waals surface area (Å²) in [5.41, 5.74) is 0. The molecule has 6 nitrogen and oxygen atoms in total. The molecule has 0 aromatic heterocycles. The first-order valence-electron chi connectivity index (χ1n) is 34.0. The van der Waals surface area contributed by atoms with Crippen LogP contribution in [-0.2, 0) is 28.6 Å². The van der Waals surface area contributed by atoms with Crippen molar-refractivity contribution in [1.82, 2.24) is 0 Å². The maximum atomic E-state index is 12.9. The molecule has 1 atom stereocenters. The summed E-state index contributed by atoms with van der Waals surface area (Å²) in [5, 5.41) is 0. The highest BCUT2D eigenvalue weighted by molar-refractivity contribution is 5.71. The molecule has 0 aromatic rings. The molecular formula is C68H132O6. The molecule has 0 bridgehead atoms. The molecule has 0 aliphatic rings. The number of rotatable bonds is 64. The predicted octanol–water partition coefficient (Wildman–Crippen LogP) is 23.1. The maximum absolute atomic E-state index is 12.9. The van der Waals surface area contributed by atoms with Gasteiger partial charge in [-0.25, -0.2) is 0 Å². The van der Waals surface area contributed by atoms with E-state index in [4.69, 9.17) is 14.2 Å². The largest absolute Gasteiger partial charge is 0.462 e. The zero-order valence-corrected chi connectivity index (χ0v) is 50.7. The second kappa shape index (κ2) is 63.9. The third kappa shape index (κ3) is 61.3. The number of ether oxygens (including phenoxy) is 3. The molecule has 0 saturated carbocycles. The molecule has 0 fully saturated rings. The fraction of sp³-hybridized carbons (Fsp3) is 0.956. The lowest BCUT2D eigenvalue weighted by molar-refractivity contribution is -0.167. The van der Waals surface area contributed by atoms with Crippen LogP contribution >= 0.6 is 0 Å². The van der Waals surface area contributed by atoms with Crippen LogP contribution in [0.1, 0.15) is 400 Å². The van der Waals surface area contributed by atoms with Crippen LogP contribution in [0.5, 0.6) is 0 Å². The van der Waals surface area contributed by atoms with Gasteiger partial charge in [-0.05, 0) is 19.3 Å². The number of esters is 3. The van der Waals surface area contributed by atoms with Gasteiger partial charge in [-0.2, -0.15) is 0 Å². The number of hydrogen-bond acceptors (Lipinski definition) is 6. The normalized spacial score (nSPS) is 11.9. The smallest absolute Gasteiger partial charge is 0.306 e. The summed E-state index contributed by atoms with van der Waals surface area (Å²) >= 11 is 0. The molecule has 440 valence electrons. The van der Waals surface area contributed by atoms with Crippen LogP contribution < -0.4 is 0 Å². The second-order valence-corrected chi connectivity index (χ2v) is 23.5. The molecule has 0 radical (unpaired) electrons. The summed E-state index contributed by atoms with van der Waals surface area (Å²) < 4.78 is 17.0. The zero-order chi connectivity index (χ0) is 53.6. The molecule has 0 aliphatic heterocycles. The monoisotopic (exact) mass is 1050 g/mol. The quantitative estimate of drug-likeness (QED) is 0.0343. The molecule has 0 rings (SSSR count). The standard InChI is InChI=1S/C68H132O6/c1-4-7-10-13-16-19-22-24-26-28-30-31-32-33-34-35-36-38-39-41-43-46-49-52-55-58-61-67(70)73-64-65(63-72-66(69)60-57-54-51-48-45-21-18-15-12-9-6-3)74-68(71)62-59-56-53-50-47-44-42-40-37-29-27-25-23-20-17-14-11-8-5-2/h65H,4-64H2,1-3H3. The van der Waals surface area contributed by atoms with Crippen LogP contribution in [0.25, 0.3) is 0 Å². The minimum atomic E-state index is -0.762. The minimum Gasteiger partial charge on any atom is -0.462 e. The molecule has 0 N–H and O–H groups in total. The Hall–Kier alpha value is -1.59. The Labute approximate surface area is 463 Å². The van der Waals surface area contributed by atoms with Crippen molar-refractivity contribution in [3.05, 3.63) is 0 Å². The van der Waals surface area contributed by atoms with Crippen molar-refractivity contribution in [3.63, 3.8) is 0 Å². The van der Waals surface area contributed by atoms with E-state index < -0.39 is 6.10 Å². The van der Waals surface area contributed by atoms with Gasteiger partial charge >= 0.3 is 17.9 Å². The van der Waals surface area contributed by atoms with Crippen molar-refractivity contribution >= 4 is 17.9 Å².